The Balaban J connectivity index is 2.07. The predicted molar refractivity (Wildman–Crippen MR) is 53.7 cm³/mol. The second kappa shape index (κ2) is 4.11. The van der Waals surface area contributed by atoms with Crippen LogP contribution in [0.1, 0.15) is 12.1 Å². The minimum absolute atomic E-state index is 0.209. The normalized spacial score (nSPS) is 21.1. The van der Waals surface area contributed by atoms with Gasteiger partial charge in [0, 0.05) is 18.3 Å². The molecular formula is C9H12ClN3O. The van der Waals surface area contributed by atoms with Crippen molar-refractivity contribution in [2.45, 2.75) is 19.4 Å². The zero-order valence-corrected chi connectivity index (χ0v) is 8.71. The third-order valence-electron chi connectivity index (χ3n) is 2.11. The SMILES string of the molecule is Cc1cc(OC2CCNC2)nc(Cl)n1. The number of nitrogens with one attached hydrogen (secondary N) is 1. The van der Waals surface area contributed by atoms with Crippen molar-refractivity contribution >= 4 is 11.6 Å². The summed E-state index contributed by atoms with van der Waals surface area (Å²) in [4.78, 5) is 7.97. The van der Waals surface area contributed by atoms with Gasteiger partial charge in [0.05, 0.1) is 0 Å². The zero-order chi connectivity index (χ0) is 9.97. The van der Waals surface area contributed by atoms with E-state index in [2.05, 4.69) is 15.3 Å². The van der Waals surface area contributed by atoms with E-state index in [0.717, 1.165) is 25.2 Å². The van der Waals surface area contributed by atoms with Crippen molar-refractivity contribution in [3.05, 3.63) is 17.0 Å². The van der Waals surface area contributed by atoms with Gasteiger partial charge in [0.1, 0.15) is 6.10 Å². The smallest absolute Gasteiger partial charge is 0.225 e. The molecule has 5 heteroatoms. The molecule has 0 aromatic carbocycles. The number of nitrogens with zero attached hydrogens (tertiary/aromatic N) is 2. The van der Waals surface area contributed by atoms with Gasteiger partial charge < -0.3 is 10.1 Å². The number of aryl methyl sites for hydroxylation is 1. The van der Waals surface area contributed by atoms with E-state index in [4.69, 9.17) is 16.3 Å². The van der Waals surface area contributed by atoms with Crippen LogP contribution < -0.4 is 10.1 Å². The van der Waals surface area contributed by atoms with Gasteiger partial charge in [-0.15, -0.1) is 0 Å². The maximum Gasteiger partial charge on any atom is 0.225 e. The molecule has 76 valence electrons. The first-order chi connectivity index (χ1) is 6.74. The van der Waals surface area contributed by atoms with E-state index in [1.54, 1.807) is 6.07 Å². The topological polar surface area (TPSA) is 47.0 Å². The lowest BCUT2D eigenvalue weighted by Crippen LogP contribution is -2.20. The second-order valence-corrected chi connectivity index (χ2v) is 3.69. The Morgan fingerprint density at radius 3 is 3.07 bits per heavy atom. The Labute approximate surface area is 87.7 Å². The highest BCUT2D eigenvalue weighted by atomic mass is 35.5. The largest absolute Gasteiger partial charge is 0.473 e. The Bertz CT molecular complexity index is 306. The first-order valence-electron chi connectivity index (χ1n) is 4.62. The summed E-state index contributed by atoms with van der Waals surface area (Å²) >= 11 is 5.72. The number of hydrogen-bond acceptors (Lipinski definition) is 4. The fourth-order valence-corrected chi connectivity index (χ4v) is 1.68. The molecule has 0 amide bonds. The molecule has 4 nitrogen and oxygen atoms in total. The first kappa shape index (κ1) is 9.68. The lowest BCUT2D eigenvalue weighted by Gasteiger charge is -2.11. The van der Waals surface area contributed by atoms with Crippen LogP contribution in [0.5, 0.6) is 5.88 Å². The van der Waals surface area contributed by atoms with Crippen molar-refractivity contribution in [1.29, 1.82) is 0 Å². The zero-order valence-electron chi connectivity index (χ0n) is 7.96. The molecule has 2 heterocycles. The van der Waals surface area contributed by atoms with Crippen molar-refractivity contribution in [3.8, 4) is 5.88 Å². The van der Waals surface area contributed by atoms with E-state index in [-0.39, 0.29) is 11.4 Å². The maximum atomic E-state index is 5.72. The summed E-state index contributed by atoms with van der Waals surface area (Å²) < 4.78 is 5.64. The molecular weight excluding hydrogens is 202 g/mol. The van der Waals surface area contributed by atoms with Gasteiger partial charge in [-0.25, -0.2) is 4.98 Å². The average Bonchev–Trinajstić information content (AvgIpc) is 2.54. The molecule has 0 radical (unpaired) electrons. The molecule has 0 spiro atoms. The van der Waals surface area contributed by atoms with E-state index in [0.29, 0.717) is 5.88 Å². The van der Waals surface area contributed by atoms with Gasteiger partial charge in [0.25, 0.3) is 0 Å². The van der Waals surface area contributed by atoms with Crippen molar-refractivity contribution in [3.63, 3.8) is 0 Å². The summed E-state index contributed by atoms with van der Waals surface area (Å²) in [7, 11) is 0. The van der Waals surface area contributed by atoms with Gasteiger partial charge in [0.15, 0.2) is 0 Å². The number of aromatic nitrogens is 2. The summed E-state index contributed by atoms with van der Waals surface area (Å²) in [6, 6.07) is 1.80. The molecule has 1 fully saturated rings. The van der Waals surface area contributed by atoms with Gasteiger partial charge in [-0.05, 0) is 31.5 Å². The fourth-order valence-electron chi connectivity index (χ4n) is 1.46. The third kappa shape index (κ3) is 2.33. The highest BCUT2D eigenvalue weighted by Crippen LogP contribution is 2.15. The fraction of sp³-hybridized carbons (Fsp3) is 0.556. The summed E-state index contributed by atoms with van der Waals surface area (Å²) in [5, 5.41) is 3.46. The van der Waals surface area contributed by atoms with Crippen molar-refractivity contribution < 1.29 is 4.74 Å². The predicted octanol–water partition coefficient (Wildman–Crippen LogP) is 1.18. The number of halogens is 1. The van der Waals surface area contributed by atoms with Gasteiger partial charge in [0.2, 0.25) is 11.2 Å². The minimum atomic E-state index is 0.209. The van der Waals surface area contributed by atoms with E-state index in [1.165, 1.54) is 0 Å². The van der Waals surface area contributed by atoms with Crippen molar-refractivity contribution in [2.75, 3.05) is 13.1 Å². The monoisotopic (exact) mass is 213 g/mol. The minimum Gasteiger partial charge on any atom is -0.473 e. The van der Waals surface area contributed by atoms with E-state index >= 15 is 0 Å². The molecule has 1 aliphatic heterocycles. The highest BCUT2D eigenvalue weighted by molar-refractivity contribution is 6.28. The molecule has 1 saturated heterocycles. The van der Waals surface area contributed by atoms with E-state index in [9.17, 15) is 0 Å². The van der Waals surface area contributed by atoms with Crippen LogP contribution in [-0.4, -0.2) is 29.2 Å². The van der Waals surface area contributed by atoms with Crippen molar-refractivity contribution in [1.82, 2.24) is 15.3 Å². The Hall–Kier alpha value is -0.870. The van der Waals surface area contributed by atoms with E-state index < -0.39 is 0 Å². The van der Waals surface area contributed by atoms with Crippen LogP contribution in [0.25, 0.3) is 0 Å². The van der Waals surface area contributed by atoms with Gasteiger partial charge in [-0.3, -0.25) is 0 Å². The van der Waals surface area contributed by atoms with Gasteiger partial charge >= 0.3 is 0 Å². The number of ether oxygens (including phenoxy) is 1. The highest BCUT2D eigenvalue weighted by Gasteiger charge is 2.16. The molecule has 14 heavy (non-hydrogen) atoms. The van der Waals surface area contributed by atoms with Gasteiger partial charge in [-0.1, -0.05) is 0 Å². The Morgan fingerprint density at radius 2 is 2.43 bits per heavy atom. The molecule has 1 aromatic rings. The average molecular weight is 214 g/mol. The molecule has 0 aliphatic carbocycles. The third-order valence-corrected chi connectivity index (χ3v) is 2.27. The quantitative estimate of drug-likeness (QED) is 0.750. The molecule has 1 aliphatic rings. The summed E-state index contributed by atoms with van der Waals surface area (Å²) in [5.74, 6) is 0.566. The van der Waals surface area contributed by atoms with E-state index in [1.807, 2.05) is 6.92 Å². The number of rotatable bonds is 2. The number of hydrogen-bond donors (Lipinski definition) is 1. The van der Waals surface area contributed by atoms with Crippen LogP contribution in [0.2, 0.25) is 5.28 Å². The Kier molecular flexibility index (Phi) is 2.84. The summed E-state index contributed by atoms with van der Waals surface area (Å²) in [6.45, 7) is 3.75. The van der Waals surface area contributed by atoms with Crippen LogP contribution in [0.3, 0.4) is 0 Å². The molecule has 0 bridgehead atoms. The standard InChI is InChI=1S/C9H12ClN3O/c1-6-4-8(13-9(10)12-6)14-7-2-3-11-5-7/h4,7,11H,2-3,5H2,1H3. The van der Waals surface area contributed by atoms with Crippen LogP contribution in [-0.2, 0) is 0 Å². The van der Waals surface area contributed by atoms with Crippen LogP contribution >= 0.6 is 11.6 Å². The molecule has 1 aromatic heterocycles. The molecule has 0 saturated carbocycles. The summed E-state index contributed by atoms with van der Waals surface area (Å²) in [6.07, 6.45) is 1.22. The van der Waals surface area contributed by atoms with Crippen LogP contribution in [0.15, 0.2) is 6.07 Å². The maximum absolute atomic E-state index is 5.72. The molecule has 1 N–H and O–H groups in total. The first-order valence-corrected chi connectivity index (χ1v) is 5.00. The molecule has 1 unspecified atom stereocenters. The molecule has 2 rings (SSSR count). The van der Waals surface area contributed by atoms with Crippen LogP contribution in [0.4, 0.5) is 0 Å². The summed E-state index contributed by atoms with van der Waals surface area (Å²) in [5.41, 5.74) is 0.825. The molecule has 1 atom stereocenters. The van der Waals surface area contributed by atoms with Crippen LogP contribution in [0, 0.1) is 6.92 Å². The van der Waals surface area contributed by atoms with Crippen molar-refractivity contribution in [2.24, 2.45) is 0 Å². The van der Waals surface area contributed by atoms with Gasteiger partial charge in [-0.2, -0.15) is 4.98 Å². The lowest BCUT2D eigenvalue weighted by molar-refractivity contribution is 0.213. The Morgan fingerprint density at radius 1 is 1.57 bits per heavy atom. The lowest BCUT2D eigenvalue weighted by atomic mass is 10.3. The second-order valence-electron chi connectivity index (χ2n) is 3.35.